The molecule has 7 nitrogen and oxygen atoms in total. The van der Waals surface area contributed by atoms with Crippen LogP contribution in [0.2, 0.25) is 5.02 Å². The minimum Gasteiger partial charge on any atom is -0.324 e. The molecule has 25 heavy (non-hydrogen) atoms. The number of aromatic nitrogens is 3. The molecular formula is C16H13ClN4O3S. The number of nitrogens with one attached hydrogen (secondary N) is 1. The van der Waals surface area contributed by atoms with Gasteiger partial charge in [-0.1, -0.05) is 17.7 Å². The molecule has 0 unspecified atom stereocenters. The summed E-state index contributed by atoms with van der Waals surface area (Å²) in [6.45, 7) is -0.201. The predicted molar refractivity (Wildman–Crippen MR) is 96.5 cm³/mol. The van der Waals surface area contributed by atoms with Crippen LogP contribution in [0, 0.1) is 0 Å². The van der Waals surface area contributed by atoms with Crippen molar-refractivity contribution in [2.45, 2.75) is 25.4 Å². The van der Waals surface area contributed by atoms with Crippen LogP contribution in [0.4, 0.5) is 5.69 Å². The lowest BCUT2D eigenvalue weighted by atomic mass is 10.3. The van der Waals surface area contributed by atoms with Gasteiger partial charge in [0.25, 0.3) is 5.56 Å². The number of anilines is 1. The third-order valence-corrected chi connectivity index (χ3v) is 4.87. The Bertz CT molecular complexity index is 1100. The molecular weight excluding hydrogens is 364 g/mol. The molecule has 1 aliphatic rings. The van der Waals surface area contributed by atoms with Gasteiger partial charge in [-0.25, -0.2) is 4.79 Å². The third kappa shape index (κ3) is 2.98. The second-order valence-electron chi connectivity index (χ2n) is 5.88. The van der Waals surface area contributed by atoms with Crippen LogP contribution in [-0.4, -0.2) is 19.4 Å². The Kier molecular flexibility index (Phi) is 3.93. The van der Waals surface area contributed by atoms with E-state index < -0.39 is 5.69 Å². The van der Waals surface area contributed by atoms with Crippen molar-refractivity contribution < 1.29 is 4.79 Å². The molecule has 0 saturated heterocycles. The van der Waals surface area contributed by atoms with Gasteiger partial charge in [0.15, 0.2) is 5.52 Å². The molecule has 1 aromatic carbocycles. The number of hydrogen-bond donors (Lipinski definition) is 1. The highest BCUT2D eigenvalue weighted by atomic mass is 35.5. The summed E-state index contributed by atoms with van der Waals surface area (Å²) in [6, 6.07) is 6.66. The molecule has 0 spiro atoms. The largest absolute Gasteiger partial charge is 0.332 e. The Labute approximate surface area is 150 Å². The van der Waals surface area contributed by atoms with Gasteiger partial charge >= 0.3 is 5.69 Å². The summed E-state index contributed by atoms with van der Waals surface area (Å²) in [6.07, 6.45) is 1.58. The lowest BCUT2D eigenvalue weighted by molar-refractivity contribution is -0.116. The van der Waals surface area contributed by atoms with Crippen molar-refractivity contribution >= 4 is 45.8 Å². The lowest BCUT2D eigenvalue weighted by Crippen LogP contribution is -2.41. The van der Waals surface area contributed by atoms with Crippen molar-refractivity contribution in [3.05, 3.63) is 55.5 Å². The Morgan fingerprint density at radius 3 is 2.88 bits per heavy atom. The fourth-order valence-electron chi connectivity index (χ4n) is 2.72. The van der Waals surface area contributed by atoms with Gasteiger partial charge in [0.2, 0.25) is 5.91 Å². The topological polar surface area (TPSA) is 86.0 Å². The number of nitrogens with zero attached hydrogens (tertiary/aromatic N) is 3. The van der Waals surface area contributed by atoms with E-state index in [4.69, 9.17) is 11.6 Å². The zero-order chi connectivity index (χ0) is 17.6. The van der Waals surface area contributed by atoms with Gasteiger partial charge in [0.05, 0.1) is 5.52 Å². The molecule has 0 radical (unpaired) electrons. The van der Waals surface area contributed by atoms with Crippen LogP contribution in [0.5, 0.6) is 0 Å². The summed E-state index contributed by atoms with van der Waals surface area (Å²) >= 11 is 7.00. The minimum absolute atomic E-state index is 0.0895. The van der Waals surface area contributed by atoms with Gasteiger partial charge in [-0.2, -0.15) is 4.37 Å². The minimum atomic E-state index is -0.471. The maximum absolute atomic E-state index is 12.7. The smallest absolute Gasteiger partial charge is 0.324 e. The molecule has 1 N–H and O–H groups in total. The highest BCUT2D eigenvalue weighted by Gasteiger charge is 2.29. The molecule has 2 heterocycles. The van der Waals surface area contributed by atoms with Crippen LogP contribution in [0.3, 0.4) is 0 Å². The van der Waals surface area contributed by atoms with E-state index in [0.29, 0.717) is 16.2 Å². The molecule has 128 valence electrons. The van der Waals surface area contributed by atoms with E-state index in [1.807, 2.05) is 0 Å². The SMILES string of the molecule is O=C(Cn1c(=O)n(C2CC2)c(=O)c2nscc21)Nc1cccc(Cl)c1. The van der Waals surface area contributed by atoms with Gasteiger partial charge < -0.3 is 5.32 Å². The van der Waals surface area contributed by atoms with Crippen molar-refractivity contribution in [3.63, 3.8) is 0 Å². The number of carbonyl (C=O) groups excluding carboxylic acids is 1. The first-order chi connectivity index (χ1) is 12.0. The van der Waals surface area contributed by atoms with Crippen molar-refractivity contribution in [1.29, 1.82) is 0 Å². The first-order valence-electron chi connectivity index (χ1n) is 7.69. The maximum Gasteiger partial charge on any atom is 0.332 e. The van der Waals surface area contributed by atoms with Crippen LogP contribution < -0.4 is 16.6 Å². The number of benzene rings is 1. The monoisotopic (exact) mass is 376 g/mol. The molecule has 0 aliphatic heterocycles. The Morgan fingerprint density at radius 1 is 1.36 bits per heavy atom. The van der Waals surface area contributed by atoms with Crippen LogP contribution in [-0.2, 0) is 11.3 Å². The summed E-state index contributed by atoms with van der Waals surface area (Å²) < 4.78 is 6.61. The lowest BCUT2D eigenvalue weighted by Gasteiger charge is -2.11. The number of carbonyl (C=O) groups is 1. The molecule has 1 amide bonds. The first kappa shape index (κ1) is 16.0. The number of rotatable bonds is 4. The molecule has 1 fully saturated rings. The van der Waals surface area contributed by atoms with Crippen LogP contribution >= 0.6 is 23.1 Å². The zero-order valence-corrected chi connectivity index (χ0v) is 14.5. The highest BCUT2D eigenvalue weighted by Crippen LogP contribution is 2.32. The van der Waals surface area contributed by atoms with E-state index in [0.717, 1.165) is 24.4 Å². The molecule has 1 saturated carbocycles. The van der Waals surface area contributed by atoms with Crippen LogP contribution in [0.1, 0.15) is 18.9 Å². The van der Waals surface area contributed by atoms with Crippen molar-refractivity contribution in [3.8, 4) is 0 Å². The number of fused-ring (bicyclic) bond motifs is 1. The van der Waals surface area contributed by atoms with E-state index in [1.165, 1.54) is 9.13 Å². The van der Waals surface area contributed by atoms with Gasteiger partial charge in [-0.3, -0.25) is 18.7 Å². The van der Waals surface area contributed by atoms with Crippen LogP contribution in [0.15, 0.2) is 39.2 Å². The first-order valence-corrected chi connectivity index (χ1v) is 8.91. The summed E-state index contributed by atoms with van der Waals surface area (Å²) in [7, 11) is 0. The second kappa shape index (κ2) is 6.12. The summed E-state index contributed by atoms with van der Waals surface area (Å²) in [5.74, 6) is -0.377. The Balaban J connectivity index is 1.71. The average molecular weight is 377 g/mol. The number of amides is 1. The quantitative estimate of drug-likeness (QED) is 0.756. The van der Waals surface area contributed by atoms with E-state index in [1.54, 1.807) is 29.6 Å². The van der Waals surface area contributed by atoms with Gasteiger partial charge in [0, 0.05) is 22.1 Å². The zero-order valence-electron chi connectivity index (χ0n) is 12.9. The van der Waals surface area contributed by atoms with Gasteiger partial charge in [-0.15, -0.1) is 0 Å². The second-order valence-corrected chi connectivity index (χ2v) is 6.95. The number of hydrogen-bond acceptors (Lipinski definition) is 5. The average Bonchev–Trinajstić information content (AvgIpc) is 3.26. The maximum atomic E-state index is 12.7. The Hall–Kier alpha value is -2.45. The molecule has 0 atom stereocenters. The van der Waals surface area contributed by atoms with E-state index in [-0.39, 0.29) is 29.6 Å². The Morgan fingerprint density at radius 2 is 2.16 bits per heavy atom. The van der Waals surface area contributed by atoms with E-state index >= 15 is 0 Å². The highest BCUT2D eigenvalue weighted by molar-refractivity contribution is 7.04. The summed E-state index contributed by atoms with van der Waals surface area (Å²) in [5, 5.41) is 4.82. The standard InChI is InChI=1S/C16H13ClN4O3S/c17-9-2-1-3-10(6-9)18-13(22)7-20-12-8-25-19-14(12)15(23)21(16(20)24)11-4-5-11/h1-3,6,8,11H,4-5,7H2,(H,18,22). The fourth-order valence-corrected chi connectivity index (χ4v) is 3.58. The van der Waals surface area contributed by atoms with Crippen LogP contribution in [0.25, 0.3) is 11.0 Å². The fraction of sp³-hybridized carbons (Fsp3) is 0.250. The summed E-state index contributed by atoms with van der Waals surface area (Å²) in [4.78, 5) is 37.5. The molecule has 2 aromatic heterocycles. The number of halogens is 1. The third-order valence-electron chi connectivity index (χ3n) is 4.02. The molecule has 0 bridgehead atoms. The molecule has 9 heteroatoms. The van der Waals surface area contributed by atoms with Crippen molar-refractivity contribution in [1.82, 2.24) is 13.5 Å². The molecule has 4 rings (SSSR count). The summed E-state index contributed by atoms with van der Waals surface area (Å²) in [5.41, 5.74) is 0.308. The van der Waals surface area contributed by atoms with Gasteiger partial charge in [0.1, 0.15) is 6.54 Å². The van der Waals surface area contributed by atoms with Gasteiger partial charge in [-0.05, 0) is 42.6 Å². The van der Waals surface area contributed by atoms with E-state index in [9.17, 15) is 14.4 Å². The normalized spacial score (nSPS) is 14.0. The van der Waals surface area contributed by atoms with Crippen molar-refractivity contribution in [2.24, 2.45) is 0 Å². The molecule has 1 aliphatic carbocycles. The van der Waals surface area contributed by atoms with E-state index in [2.05, 4.69) is 9.69 Å². The van der Waals surface area contributed by atoms with Crippen molar-refractivity contribution in [2.75, 3.05) is 5.32 Å². The molecule has 3 aromatic rings. The predicted octanol–water partition coefficient (Wildman–Crippen LogP) is 2.25.